The summed E-state index contributed by atoms with van der Waals surface area (Å²) in [5.41, 5.74) is 7.01. The maximum Gasteiger partial charge on any atom is 0.407 e. The number of methoxy groups -OCH3 is 1. The molecule has 6 aromatic rings. The molecule has 5 heterocycles. The summed E-state index contributed by atoms with van der Waals surface area (Å²) < 4.78 is 4.76. The number of nitrogens with one attached hydrogen (secondary N) is 4. The van der Waals surface area contributed by atoms with Crippen molar-refractivity contribution in [1.29, 1.82) is 0 Å². The number of alkyl carbamates (subject to hydrolysis) is 1. The van der Waals surface area contributed by atoms with Crippen LogP contribution in [0.25, 0.3) is 44.7 Å². The molecule has 0 saturated carbocycles. The first-order valence-corrected chi connectivity index (χ1v) is 20.0. The molecule has 2 aliphatic rings. The van der Waals surface area contributed by atoms with Gasteiger partial charge >= 0.3 is 6.09 Å². The second-order valence-electron chi connectivity index (χ2n) is 15.4. The minimum absolute atomic E-state index is 0.109. The molecule has 0 aliphatic carbocycles. The Morgan fingerprint density at radius 3 is 2.02 bits per heavy atom. The lowest BCUT2D eigenvalue weighted by Crippen LogP contribution is -2.51. The standard InChI is InChI=1S/C45H47N9O5/c1-27(2)39(52-45(58)59-3)43(56)53-21-7-11-37(53)41-46-24-35(50-41)29-15-13-28(14-16-29)33-19-17-31-23-32(18-20-34(31)49-33)36-25-47-42(51-36)38-12-8-22-54(38)44(57)40(48-26-55)30-9-5-4-6-10-30/h4-6,9-10,13-20,23-27,37-40H,7-8,11-12,21-22H2,1-3H3,(H,46,50)(H,47,51)(H,48,55)(H,52,58)/t37-,38-,39-,40+/m0/s1. The van der Waals surface area contributed by atoms with E-state index >= 15 is 0 Å². The number of aromatic amines is 2. The Morgan fingerprint density at radius 2 is 1.39 bits per heavy atom. The SMILES string of the molecule is COC(=O)N[C@H](C(=O)N1CCC[C@H]1c1ncc(-c2ccc(-c3ccc4cc(-c5cnc([C@@H]6CCCN6C(=O)[C@H](NC=O)c6ccccc6)[nH]5)ccc4n3)cc2)[nH]1)C(C)C. The monoisotopic (exact) mass is 793 g/mol. The van der Waals surface area contributed by atoms with Crippen molar-refractivity contribution >= 4 is 35.2 Å². The van der Waals surface area contributed by atoms with E-state index in [1.165, 1.54) is 7.11 Å². The minimum Gasteiger partial charge on any atom is -0.453 e. The number of fused-ring (bicyclic) bond motifs is 1. The lowest BCUT2D eigenvalue weighted by molar-refractivity contribution is -0.136. The third-order valence-electron chi connectivity index (χ3n) is 11.4. The molecule has 14 heteroatoms. The van der Waals surface area contributed by atoms with Crippen LogP contribution in [0.1, 0.15) is 74.9 Å². The molecule has 14 nitrogen and oxygen atoms in total. The zero-order valence-electron chi connectivity index (χ0n) is 33.2. The Bertz CT molecular complexity index is 2460. The van der Waals surface area contributed by atoms with Gasteiger partial charge in [-0.25, -0.2) is 19.7 Å². The van der Waals surface area contributed by atoms with E-state index in [1.54, 1.807) is 17.3 Å². The van der Waals surface area contributed by atoms with E-state index in [4.69, 9.17) is 14.7 Å². The van der Waals surface area contributed by atoms with E-state index in [-0.39, 0.29) is 29.8 Å². The fourth-order valence-corrected chi connectivity index (χ4v) is 8.28. The van der Waals surface area contributed by atoms with Gasteiger partial charge in [0, 0.05) is 29.6 Å². The van der Waals surface area contributed by atoms with E-state index < -0.39 is 18.2 Å². The fourth-order valence-electron chi connectivity index (χ4n) is 8.28. The zero-order valence-corrected chi connectivity index (χ0v) is 33.2. The average molecular weight is 794 g/mol. The summed E-state index contributed by atoms with van der Waals surface area (Å²) in [4.78, 5) is 75.6. The van der Waals surface area contributed by atoms with Crippen LogP contribution >= 0.6 is 0 Å². The first-order valence-electron chi connectivity index (χ1n) is 20.0. The lowest BCUT2D eigenvalue weighted by Gasteiger charge is -2.30. The number of pyridine rings is 1. The Balaban J connectivity index is 0.943. The third kappa shape index (κ3) is 8.02. The Labute approximate surface area is 341 Å². The van der Waals surface area contributed by atoms with Gasteiger partial charge in [-0.15, -0.1) is 0 Å². The van der Waals surface area contributed by atoms with Crippen molar-refractivity contribution in [2.24, 2.45) is 5.92 Å². The number of aromatic nitrogens is 5. The number of ether oxygens (including phenoxy) is 1. The summed E-state index contributed by atoms with van der Waals surface area (Å²) in [7, 11) is 1.29. The molecule has 2 fully saturated rings. The number of carbonyl (C=O) groups excluding carboxylic acids is 4. The first kappa shape index (κ1) is 39.0. The van der Waals surface area contributed by atoms with E-state index in [1.807, 2.05) is 91.5 Å². The molecular weight excluding hydrogens is 747 g/mol. The zero-order chi connectivity index (χ0) is 41.0. The highest BCUT2D eigenvalue weighted by Gasteiger charge is 2.38. The van der Waals surface area contributed by atoms with Gasteiger partial charge in [-0.2, -0.15) is 0 Å². The lowest BCUT2D eigenvalue weighted by atomic mass is 10.0. The molecule has 59 heavy (non-hydrogen) atoms. The van der Waals surface area contributed by atoms with Crippen LogP contribution in [0, 0.1) is 5.92 Å². The number of carbonyl (C=O) groups is 4. The van der Waals surface area contributed by atoms with Gasteiger partial charge in [0.05, 0.1) is 54.2 Å². The average Bonchev–Trinajstić information content (AvgIpc) is 4.11. The Morgan fingerprint density at radius 1 is 0.780 bits per heavy atom. The molecule has 4 atom stereocenters. The van der Waals surface area contributed by atoms with Gasteiger partial charge in [-0.3, -0.25) is 14.4 Å². The summed E-state index contributed by atoms with van der Waals surface area (Å²) in [6.07, 6.45) is 6.78. The van der Waals surface area contributed by atoms with Crippen molar-refractivity contribution in [2.75, 3.05) is 20.2 Å². The van der Waals surface area contributed by atoms with Crippen LogP contribution in [-0.2, 0) is 19.1 Å². The van der Waals surface area contributed by atoms with E-state index in [0.717, 1.165) is 75.9 Å². The summed E-state index contributed by atoms with van der Waals surface area (Å²) in [5, 5.41) is 6.38. The van der Waals surface area contributed by atoms with E-state index in [9.17, 15) is 19.2 Å². The highest BCUT2D eigenvalue weighted by molar-refractivity contribution is 5.88. The van der Waals surface area contributed by atoms with Gasteiger partial charge in [0.25, 0.3) is 0 Å². The number of hydrogen-bond acceptors (Lipinski definition) is 8. The maximum atomic E-state index is 13.7. The summed E-state index contributed by atoms with van der Waals surface area (Å²) in [5.74, 6) is 1.02. The number of rotatable bonds is 12. The number of amides is 4. The molecule has 0 spiro atoms. The van der Waals surface area contributed by atoms with Crippen LogP contribution in [0.5, 0.6) is 0 Å². The number of nitrogens with zero attached hydrogens (tertiary/aromatic N) is 5. The fraction of sp³-hybridized carbons (Fsp3) is 0.311. The van der Waals surface area contributed by atoms with E-state index in [0.29, 0.717) is 31.1 Å². The van der Waals surface area contributed by atoms with Crippen LogP contribution in [0.4, 0.5) is 4.79 Å². The van der Waals surface area contributed by atoms with Crippen LogP contribution < -0.4 is 10.6 Å². The molecule has 3 aromatic heterocycles. The molecule has 3 aromatic carbocycles. The van der Waals surface area contributed by atoms with Gasteiger partial charge in [-0.1, -0.05) is 80.6 Å². The highest BCUT2D eigenvalue weighted by Crippen LogP contribution is 2.36. The molecule has 0 bridgehead atoms. The predicted octanol–water partition coefficient (Wildman–Crippen LogP) is 6.88. The topological polar surface area (TPSA) is 178 Å². The second kappa shape index (κ2) is 16.9. The number of imidazole rings is 2. The predicted molar refractivity (Wildman–Crippen MR) is 222 cm³/mol. The summed E-state index contributed by atoms with van der Waals surface area (Å²) in [6, 6.07) is 25.7. The smallest absolute Gasteiger partial charge is 0.407 e. The molecular formula is C45H47N9O5. The Hall–Kier alpha value is -6.83. The van der Waals surface area contributed by atoms with Gasteiger partial charge in [0.1, 0.15) is 23.7 Å². The molecule has 4 N–H and O–H groups in total. The van der Waals surface area contributed by atoms with Gasteiger partial charge < -0.3 is 35.1 Å². The van der Waals surface area contributed by atoms with Crippen LogP contribution in [0.3, 0.4) is 0 Å². The number of benzene rings is 3. The summed E-state index contributed by atoms with van der Waals surface area (Å²) in [6.45, 7) is 4.97. The molecule has 0 unspecified atom stereocenters. The number of likely N-dealkylation sites (tertiary alicyclic amines) is 2. The quantitative estimate of drug-likeness (QED) is 0.0970. The largest absolute Gasteiger partial charge is 0.453 e. The van der Waals surface area contributed by atoms with Crippen LogP contribution in [0.2, 0.25) is 0 Å². The van der Waals surface area contributed by atoms with Crippen molar-refractivity contribution < 1.29 is 23.9 Å². The van der Waals surface area contributed by atoms with Crippen molar-refractivity contribution in [2.45, 2.75) is 63.7 Å². The molecule has 0 radical (unpaired) electrons. The van der Waals surface area contributed by atoms with Crippen molar-refractivity contribution in [3.63, 3.8) is 0 Å². The second-order valence-corrected chi connectivity index (χ2v) is 15.4. The molecule has 302 valence electrons. The Kier molecular flexibility index (Phi) is 11.2. The van der Waals surface area contributed by atoms with Crippen molar-refractivity contribution in [1.82, 2.24) is 45.4 Å². The van der Waals surface area contributed by atoms with E-state index in [2.05, 4.69) is 37.7 Å². The van der Waals surface area contributed by atoms with Crippen LogP contribution in [-0.4, -0.2) is 85.3 Å². The number of hydrogen-bond donors (Lipinski definition) is 4. The normalized spacial score (nSPS) is 17.6. The minimum atomic E-state index is -0.763. The highest BCUT2D eigenvalue weighted by atomic mass is 16.5. The molecule has 4 amide bonds. The summed E-state index contributed by atoms with van der Waals surface area (Å²) >= 11 is 0. The number of H-pyrrole nitrogens is 2. The first-order chi connectivity index (χ1) is 28.7. The van der Waals surface area contributed by atoms with Crippen molar-refractivity contribution in [3.05, 3.63) is 115 Å². The van der Waals surface area contributed by atoms with Crippen molar-refractivity contribution in [3.8, 4) is 33.8 Å². The maximum absolute atomic E-state index is 13.7. The third-order valence-corrected chi connectivity index (χ3v) is 11.4. The van der Waals surface area contributed by atoms with Gasteiger partial charge in [-0.05, 0) is 60.9 Å². The van der Waals surface area contributed by atoms with Gasteiger partial charge in [0.15, 0.2) is 0 Å². The molecule has 2 saturated heterocycles. The molecule has 2 aliphatic heterocycles. The van der Waals surface area contributed by atoms with Gasteiger partial charge in [0.2, 0.25) is 18.2 Å². The molecule has 8 rings (SSSR count). The van der Waals surface area contributed by atoms with Crippen LogP contribution in [0.15, 0.2) is 97.3 Å².